The summed E-state index contributed by atoms with van der Waals surface area (Å²) in [5.41, 5.74) is 0.614. The summed E-state index contributed by atoms with van der Waals surface area (Å²) in [4.78, 5) is 10.3. The summed E-state index contributed by atoms with van der Waals surface area (Å²) in [6, 6.07) is 4.86. The van der Waals surface area contributed by atoms with Crippen LogP contribution in [0.4, 0.5) is 5.69 Å². The Morgan fingerprint density at radius 1 is 1.64 bits per heavy atom. The Hall–Kier alpha value is -1.12. The molecule has 0 saturated carbocycles. The minimum Gasteiger partial charge on any atom is -0.241 e. The quantitative estimate of drug-likeness (QED) is 0.845. The van der Waals surface area contributed by atoms with Crippen molar-refractivity contribution in [1.82, 2.24) is 0 Å². The molecule has 0 bridgehead atoms. The second kappa shape index (κ2) is 4.40. The standard InChI is InChI=1S/C8H5BrClN2O2/c9-7-5(3-4-11)1-2-6(8(7)10)12(13)14/h1-2H,3H2,(H,13,14)/q+1. The third kappa shape index (κ3) is 2.03. The molecule has 4 nitrogen and oxygen atoms in total. The highest BCUT2D eigenvalue weighted by atomic mass is 79.9. The fraction of sp³-hybridized carbons (Fsp3) is 0.125. The lowest BCUT2D eigenvalue weighted by Crippen LogP contribution is -1.95. The Bertz CT molecular complexity index is 428. The van der Waals surface area contributed by atoms with E-state index in [1.54, 1.807) is 6.07 Å². The van der Waals surface area contributed by atoms with Crippen LogP contribution in [0.15, 0.2) is 16.6 Å². The van der Waals surface area contributed by atoms with Crippen molar-refractivity contribution in [2.45, 2.75) is 6.42 Å². The maximum Gasteiger partial charge on any atom is 0.336 e. The molecule has 0 heterocycles. The summed E-state index contributed by atoms with van der Waals surface area (Å²) in [5, 5.41) is 17.2. The van der Waals surface area contributed by atoms with Crippen LogP contribution in [-0.4, -0.2) is 10.1 Å². The Labute approximate surface area is 93.4 Å². The minimum absolute atomic E-state index is 0.0553. The maximum atomic E-state index is 10.6. The molecule has 1 rings (SSSR count). The van der Waals surface area contributed by atoms with Crippen molar-refractivity contribution in [1.29, 1.82) is 5.26 Å². The normalized spacial score (nSPS) is 9.50. The second-order valence-corrected chi connectivity index (χ2v) is 3.65. The van der Waals surface area contributed by atoms with Gasteiger partial charge in [0.2, 0.25) is 0 Å². The van der Waals surface area contributed by atoms with Gasteiger partial charge in [0.1, 0.15) is 5.02 Å². The van der Waals surface area contributed by atoms with Crippen molar-refractivity contribution in [2.24, 2.45) is 0 Å². The van der Waals surface area contributed by atoms with Crippen LogP contribution in [-0.2, 0) is 6.42 Å². The Morgan fingerprint density at radius 3 is 2.79 bits per heavy atom. The van der Waals surface area contributed by atoms with E-state index in [0.29, 0.717) is 10.0 Å². The van der Waals surface area contributed by atoms with Gasteiger partial charge in [-0.15, -0.1) is 0 Å². The van der Waals surface area contributed by atoms with Crippen molar-refractivity contribution in [3.8, 4) is 6.07 Å². The van der Waals surface area contributed by atoms with Gasteiger partial charge in [0, 0.05) is 10.5 Å². The lowest BCUT2D eigenvalue weighted by atomic mass is 10.1. The molecular weight excluding hydrogens is 271 g/mol. The van der Waals surface area contributed by atoms with E-state index >= 15 is 0 Å². The van der Waals surface area contributed by atoms with E-state index < -0.39 is 0 Å². The second-order valence-electron chi connectivity index (χ2n) is 2.48. The molecule has 72 valence electrons. The first-order valence-corrected chi connectivity index (χ1v) is 4.75. The van der Waals surface area contributed by atoms with Gasteiger partial charge < -0.3 is 0 Å². The summed E-state index contributed by atoms with van der Waals surface area (Å²) in [6.45, 7) is 0. The summed E-state index contributed by atoms with van der Waals surface area (Å²) < 4.78 is 0.452. The molecule has 1 aromatic carbocycles. The van der Waals surface area contributed by atoms with E-state index in [1.165, 1.54) is 6.07 Å². The minimum atomic E-state index is -0.316. The van der Waals surface area contributed by atoms with Gasteiger partial charge in [-0.05, 0) is 27.6 Å². The highest BCUT2D eigenvalue weighted by Gasteiger charge is 2.21. The Morgan fingerprint density at radius 2 is 2.29 bits per heavy atom. The van der Waals surface area contributed by atoms with Crippen molar-refractivity contribution in [2.75, 3.05) is 0 Å². The summed E-state index contributed by atoms with van der Waals surface area (Å²) in [6.07, 6.45) is 0.185. The molecule has 1 aromatic rings. The van der Waals surface area contributed by atoms with Crippen LogP contribution in [0.3, 0.4) is 0 Å². The van der Waals surface area contributed by atoms with Gasteiger partial charge >= 0.3 is 5.69 Å². The SMILES string of the molecule is N#CCc1ccc([N+](=O)O)c(Cl)c1Br. The Balaban J connectivity index is 3.27. The van der Waals surface area contributed by atoms with E-state index in [2.05, 4.69) is 15.9 Å². The fourth-order valence-electron chi connectivity index (χ4n) is 0.949. The zero-order valence-corrected chi connectivity index (χ0v) is 9.21. The van der Waals surface area contributed by atoms with Crippen molar-refractivity contribution >= 4 is 33.2 Å². The van der Waals surface area contributed by atoms with E-state index in [9.17, 15) is 4.91 Å². The first-order valence-electron chi connectivity index (χ1n) is 3.58. The number of nitrogens with zero attached hydrogens (tertiary/aromatic N) is 2. The van der Waals surface area contributed by atoms with Crippen molar-refractivity contribution in [3.05, 3.63) is 32.1 Å². The van der Waals surface area contributed by atoms with Gasteiger partial charge in [0.25, 0.3) is 4.92 Å². The van der Waals surface area contributed by atoms with Gasteiger partial charge in [-0.1, -0.05) is 11.6 Å². The lowest BCUT2D eigenvalue weighted by molar-refractivity contribution is -0.729. The molecule has 14 heavy (non-hydrogen) atoms. The van der Waals surface area contributed by atoms with Crippen molar-refractivity contribution < 1.29 is 10.1 Å². The molecular formula is C8H5BrClN2O2+. The first kappa shape index (κ1) is 11.0. The number of hydrogen-bond donors (Lipinski definition) is 1. The van der Waals surface area contributed by atoms with Gasteiger partial charge in [0.05, 0.1) is 17.4 Å². The lowest BCUT2D eigenvalue weighted by Gasteiger charge is -2.00. The molecule has 0 aliphatic rings. The predicted molar refractivity (Wildman–Crippen MR) is 53.5 cm³/mol. The predicted octanol–water partition coefficient (Wildman–Crippen LogP) is 2.97. The molecule has 0 atom stereocenters. The number of hydrogen-bond acceptors (Lipinski definition) is 2. The molecule has 0 amide bonds. The number of halogens is 2. The third-order valence-corrected chi connectivity index (χ3v) is 3.13. The molecule has 0 unspecified atom stereocenters. The van der Waals surface area contributed by atoms with Crippen LogP contribution in [0.2, 0.25) is 5.02 Å². The van der Waals surface area contributed by atoms with Crippen LogP contribution < -0.4 is 0 Å². The molecule has 0 saturated heterocycles. The molecule has 0 spiro atoms. The van der Waals surface area contributed by atoms with Gasteiger partial charge in [-0.25, -0.2) is 5.21 Å². The maximum absolute atomic E-state index is 10.6. The topological polar surface area (TPSA) is 64.1 Å². The van der Waals surface area contributed by atoms with Crippen LogP contribution in [0.1, 0.15) is 5.56 Å². The highest BCUT2D eigenvalue weighted by Crippen LogP contribution is 2.34. The monoisotopic (exact) mass is 275 g/mol. The van der Waals surface area contributed by atoms with Crippen molar-refractivity contribution in [3.63, 3.8) is 0 Å². The fourth-order valence-corrected chi connectivity index (χ4v) is 1.68. The average Bonchev–Trinajstić information content (AvgIpc) is 2.13. The molecule has 0 aliphatic carbocycles. The van der Waals surface area contributed by atoms with E-state index in [0.717, 1.165) is 0 Å². The molecule has 6 heteroatoms. The number of nitriles is 1. The molecule has 0 aliphatic heterocycles. The molecule has 0 aromatic heterocycles. The number of rotatable bonds is 2. The molecule has 0 fully saturated rings. The van der Waals surface area contributed by atoms with E-state index in [1.807, 2.05) is 6.07 Å². The molecule has 1 N–H and O–H groups in total. The summed E-state index contributed by atoms with van der Waals surface area (Å²) in [7, 11) is 0. The van der Waals surface area contributed by atoms with Crippen LogP contribution in [0.25, 0.3) is 0 Å². The van der Waals surface area contributed by atoms with E-state index in [4.69, 9.17) is 22.1 Å². The summed E-state index contributed by atoms with van der Waals surface area (Å²) >= 11 is 8.91. The van der Waals surface area contributed by atoms with Crippen LogP contribution >= 0.6 is 27.5 Å². The molecule has 0 radical (unpaired) electrons. The van der Waals surface area contributed by atoms with Gasteiger partial charge in [0.15, 0.2) is 0 Å². The van der Waals surface area contributed by atoms with Gasteiger partial charge in [-0.3, -0.25) is 0 Å². The zero-order valence-electron chi connectivity index (χ0n) is 6.87. The third-order valence-electron chi connectivity index (χ3n) is 1.62. The van der Waals surface area contributed by atoms with Crippen LogP contribution in [0, 0.1) is 16.2 Å². The number of benzene rings is 1. The van der Waals surface area contributed by atoms with E-state index in [-0.39, 0.29) is 22.1 Å². The zero-order chi connectivity index (χ0) is 10.7. The average molecular weight is 276 g/mol. The highest BCUT2D eigenvalue weighted by molar-refractivity contribution is 9.10. The smallest absolute Gasteiger partial charge is 0.241 e. The van der Waals surface area contributed by atoms with Crippen LogP contribution in [0.5, 0.6) is 0 Å². The first-order chi connectivity index (χ1) is 6.57. The largest absolute Gasteiger partial charge is 0.336 e. The Kier molecular flexibility index (Phi) is 3.44. The summed E-state index contributed by atoms with van der Waals surface area (Å²) in [5.74, 6) is 0. The van der Waals surface area contributed by atoms with Gasteiger partial charge in [-0.2, -0.15) is 5.26 Å².